The van der Waals surface area contributed by atoms with Crippen molar-refractivity contribution in [1.29, 1.82) is 0 Å². The maximum absolute atomic E-state index is 12.9. The molecule has 0 aliphatic heterocycles. The van der Waals surface area contributed by atoms with E-state index in [2.05, 4.69) is 4.72 Å². The highest BCUT2D eigenvalue weighted by atomic mass is 32.2. The van der Waals surface area contributed by atoms with Gasteiger partial charge in [-0.25, -0.2) is 17.5 Å². The molecular weight excluding hydrogens is 271 g/mol. The third kappa shape index (κ3) is 3.23. The molecule has 1 aromatic rings. The Bertz CT molecular complexity index is 568. The molecule has 1 aromatic carbocycles. The van der Waals surface area contributed by atoms with E-state index < -0.39 is 21.4 Å². The summed E-state index contributed by atoms with van der Waals surface area (Å²) in [6.45, 7) is -0.0495. The van der Waals surface area contributed by atoms with Gasteiger partial charge in [-0.15, -0.1) is 0 Å². The molecule has 0 bridgehead atoms. The van der Waals surface area contributed by atoms with Gasteiger partial charge in [-0.2, -0.15) is 0 Å². The lowest BCUT2D eigenvalue weighted by Gasteiger charge is -2.22. The molecular formula is C12H17FN2O3S. The lowest BCUT2D eigenvalue weighted by Crippen LogP contribution is -2.40. The van der Waals surface area contributed by atoms with Gasteiger partial charge in [0.1, 0.15) is 10.7 Å². The molecule has 1 saturated carbocycles. The lowest BCUT2D eigenvalue weighted by atomic mass is 10.0. The minimum absolute atomic E-state index is 0.0495. The van der Waals surface area contributed by atoms with E-state index in [4.69, 9.17) is 5.73 Å². The summed E-state index contributed by atoms with van der Waals surface area (Å²) in [7, 11) is -3.83. The second-order valence-corrected chi connectivity index (χ2v) is 6.67. The summed E-state index contributed by atoms with van der Waals surface area (Å²) in [6.07, 6.45) is 2.93. The van der Waals surface area contributed by atoms with E-state index >= 15 is 0 Å². The summed E-state index contributed by atoms with van der Waals surface area (Å²) >= 11 is 0. The van der Waals surface area contributed by atoms with E-state index in [0.717, 1.165) is 31.0 Å². The van der Waals surface area contributed by atoms with Crippen LogP contribution in [0.1, 0.15) is 25.7 Å². The molecule has 0 atom stereocenters. The smallest absolute Gasteiger partial charge is 0.242 e. The first kappa shape index (κ1) is 14.2. The van der Waals surface area contributed by atoms with Crippen molar-refractivity contribution in [2.45, 2.75) is 36.2 Å². The largest absolute Gasteiger partial charge is 0.398 e. The van der Waals surface area contributed by atoms with Crippen LogP contribution in [0.25, 0.3) is 0 Å². The van der Waals surface area contributed by atoms with Crippen LogP contribution in [-0.2, 0) is 10.0 Å². The van der Waals surface area contributed by atoms with Crippen LogP contribution in [0.5, 0.6) is 0 Å². The minimum atomic E-state index is -3.83. The zero-order valence-electron chi connectivity index (χ0n) is 10.4. The van der Waals surface area contributed by atoms with Gasteiger partial charge in [0, 0.05) is 6.54 Å². The Morgan fingerprint density at radius 2 is 2.00 bits per heavy atom. The van der Waals surface area contributed by atoms with Crippen molar-refractivity contribution in [3.05, 3.63) is 24.0 Å². The first-order valence-corrected chi connectivity index (χ1v) is 7.58. The van der Waals surface area contributed by atoms with Gasteiger partial charge in [0.15, 0.2) is 0 Å². The van der Waals surface area contributed by atoms with Gasteiger partial charge in [0.05, 0.1) is 11.3 Å². The van der Waals surface area contributed by atoms with Crippen molar-refractivity contribution in [3.63, 3.8) is 0 Å². The fourth-order valence-electron chi connectivity index (χ4n) is 2.28. The molecule has 106 valence electrons. The molecule has 0 spiro atoms. The summed E-state index contributed by atoms with van der Waals surface area (Å²) in [5.41, 5.74) is 4.37. The Balaban J connectivity index is 2.14. The van der Waals surface area contributed by atoms with E-state index in [1.807, 2.05) is 0 Å². The van der Waals surface area contributed by atoms with Gasteiger partial charge in [-0.05, 0) is 31.0 Å². The summed E-state index contributed by atoms with van der Waals surface area (Å²) in [5, 5.41) is 10.1. The predicted molar refractivity (Wildman–Crippen MR) is 69.4 cm³/mol. The molecule has 1 aliphatic rings. The Labute approximate surface area is 111 Å². The first-order chi connectivity index (χ1) is 8.82. The Morgan fingerprint density at radius 3 is 2.58 bits per heavy atom. The fourth-order valence-corrected chi connectivity index (χ4v) is 3.51. The molecule has 5 nitrogen and oxygen atoms in total. The van der Waals surface area contributed by atoms with E-state index in [-0.39, 0.29) is 17.1 Å². The lowest BCUT2D eigenvalue weighted by molar-refractivity contribution is 0.0532. The van der Waals surface area contributed by atoms with Crippen LogP contribution >= 0.6 is 0 Å². The highest BCUT2D eigenvalue weighted by Gasteiger charge is 2.32. The molecule has 4 N–H and O–H groups in total. The van der Waals surface area contributed by atoms with Crippen LogP contribution < -0.4 is 10.5 Å². The quantitative estimate of drug-likeness (QED) is 0.720. The first-order valence-electron chi connectivity index (χ1n) is 6.10. The number of halogens is 1. The Kier molecular flexibility index (Phi) is 3.80. The van der Waals surface area contributed by atoms with Crippen molar-refractivity contribution in [1.82, 2.24) is 4.72 Å². The maximum Gasteiger partial charge on any atom is 0.242 e. The van der Waals surface area contributed by atoms with Crippen molar-refractivity contribution in [2.75, 3.05) is 12.3 Å². The van der Waals surface area contributed by atoms with Crippen molar-refractivity contribution in [2.24, 2.45) is 0 Å². The summed E-state index contributed by atoms with van der Waals surface area (Å²) in [4.78, 5) is -0.171. The van der Waals surface area contributed by atoms with Crippen molar-refractivity contribution >= 4 is 15.7 Å². The highest BCUT2D eigenvalue weighted by Crippen LogP contribution is 2.29. The Hall–Kier alpha value is -1.18. The average molecular weight is 288 g/mol. The summed E-state index contributed by atoms with van der Waals surface area (Å²) in [6, 6.07) is 3.11. The second kappa shape index (κ2) is 5.07. The number of nitrogens with two attached hydrogens (primary N) is 1. The van der Waals surface area contributed by atoms with Crippen LogP contribution in [0, 0.1) is 5.82 Å². The van der Waals surface area contributed by atoms with Gasteiger partial charge < -0.3 is 10.8 Å². The summed E-state index contributed by atoms with van der Waals surface area (Å²) in [5.74, 6) is -0.592. The van der Waals surface area contributed by atoms with Crippen molar-refractivity contribution in [3.8, 4) is 0 Å². The van der Waals surface area contributed by atoms with Gasteiger partial charge >= 0.3 is 0 Å². The molecule has 0 heterocycles. The molecule has 1 aliphatic carbocycles. The molecule has 1 fully saturated rings. The van der Waals surface area contributed by atoms with Gasteiger partial charge in [-0.1, -0.05) is 12.8 Å². The minimum Gasteiger partial charge on any atom is -0.398 e. The normalized spacial score (nSPS) is 18.6. The molecule has 0 unspecified atom stereocenters. The molecule has 19 heavy (non-hydrogen) atoms. The zero-order chi connectivity index (χ0) is 14.1. The number of sulfonamides is 1. The van der Waals surface area contributed by atoms with Gasteiger partial charge in [0.25, 0.3) is 0 Å². The predicted octanol–water partition coefficient (Wildman–Crippen LogP) is 0.991. The maximum atomic E-state index is 12.9. The number of benzene rings is 1. The summed E-state index contributed by atoms with van der Waals surface area (Å²) < 4.78 is 39.3. The number of hydrogen-bond donors (Lipinski definition) is 3. The second-order valence-electron chi connectivity index (χ2n) is 4.94. The molecule has 0 aromatic heterocycles. The van der Waals surface area contributed by atoms with E-state index in [0.29, 0.717) is 12.8 Å². The monoisotopic (exact) mass is 288 g/mol. The molecule has 0 saturated heterocycles. The SMILES string of the molecule is Nc1cc(F)ccc1S(=O)(=O)NCC1(O)CCCC1. The van der Waals surface area contributed by atoms with Crippen molar-refractivity contribution < 1.29 is 17.9 Å². The number of nitrogens with one attached hydrogen (secondary N) is 1. The van der Waals surface area contributed by atoms with Crippen LogP contribution in [0.15, 0.2) is 23.1 Å². The fraction of sp³-hybridized carbons (Fsp3) is 0.500. The standard InChI is InChI=1S/C12H17FN2O3S/c13-9-3-4-11(10(14)7-9)19(17,18)15-8-12(16)5-1-2-6-12/h3-4,7,15-16H,1-2,5-6,8,14H2. The highest BCUT2D eigenvalue weighted by molar-refractivity contribution is 7.89. The number of aliphatic hydroxyl groups is 1. The van der Waals surface area contributed by atoms with Crippen LogP contribution in [0.2, 0.25) is 0 Å². The number of hydrogen-bond acceptors (Lipinski definition) is 4. The molecule has 2 rings (SSSR count). The molecule has 0 radical (unpaired) electrons. The number of rotatable bonds is 4. The van der Waals surface area contributed by atoms with Crippen LogP contribution in [-0.4, -0.2) is 25.7 Å². The number of nitrogen functional groups attached to an aromatic ring is 1. The van der Waals surface area contributed by atoms with Crippen LogP contribution in [0.3, 0.4) is 0 Å². The molecule has 7 heteroatoms. The van der Waals surface area contributed by atoms with Crippen LogP contribution in [0.4, 0.5) is 10.1 Å². The van der Waals surface area contributed by atoms with E-state index in [9.17, 15) is 17.9 Å². The average Bonchev–Trinajstić information content (AvgIpc) is 2.74. The molecule has 0 amide bonds. The Morgan fingerprint density at radius 1 is 1.37 bits per heavy atom. The van der Waals surface area contributed by atoms with Gasteiger partial charge in [0.2, 0.25) is 10.0 Å². The third-order valence-electron chi connectivity index (χ3n) is 3.39. The van der Waals surface area contributed by atoms with Gasteiger partial charge in [-0.3, -0.25) is 0 Å². The van der Waals surface area contributed by atoms with E-state index in [1.165, 1.54) is 0 Å². The van der Waals surface area contributed by atoms with E-state index in [1.54, 1.807) is 0 Å². The number of anilines is 1. The topological polar surface area (TPSA) is 92.4 Å². The zero-order valence-corrected chi connectivity index (χ0v) is 11.2. The third-order valence-corrected chi connectivity index (χ3v) is 4.86.